The molecule has 3 aromatic rings. The highest BCUT2D eigenvalue weighted by Gasteiger charge is 2.21. The standard InChI is InChI=1S/C19H22N6OS.ClH/c1-12-11-27-18(21-12)15-5-3-4-14(10-15)17(26)23-19-22-16(24-25(19)2)13-6-8-20-9-7-13;/h3-5,10-11,13,20H,6-9H2,1-2H3,(H,22,23,24,26);1H. The summed E-state index contributed by atoms with van der Waals surface area (Å²) in [5.41, 5.74) is 2.50. The molecular weight excluding hydrogens is 396 g/mol. The van der Waals surface area contributed by atoms with Gasteiger partial charge in [0.05, 0.1) is 0 Å². The molecule has 28 heavy (non-hydrogen) atoms. The van der Waals surface area contributed by atoms with Crippen molar-refractivity contribution in [2.75, 3.05) is 18.4 Å². The Labute approximate surface area is 174 Å². The third-order valence-electron chi connectivity index (χ3n) is 4.70. The Kier molecular flexibility index (Phi) is 6.43. The Morgan fingerprint density at radius 1 is 1.29 bits per heavy atom. The highest BCUT2D eigenvalue weighted by Crippen LogP contribution is 2.25. The van der Waals surface area contributed by atoms with Gasteiger partial charge in [0.1, 0.15) is 5.01 Å². The van der Waals surface area contributed by atoms with Crippen LogP contribution in [-0.4, -0.2) is 38.7 Å². The normalized spacial score (nSPS) is 14.5. The van der Waals surface area contributed by atoms with Crippen LogP contribution in [0.1, 0.15) is 40.6 Å². The second-order valence-electron chi connectivity index (χ2n) is 6.77. The first-order chi connectivity index (χ1) is 13.1. The molecule has 7 nitrogen and oxygen atoms in total. The maximum absolute atomic E-state index is 12.7. The zero-order valence-electron chi connectivity index (χ0n) is 15.8. The smallest absolute Gasteiger partial charge is 0.258 e. The number of hydrogen-bond acceptors (Lipinski definition) is 6. The fraction of sp³-hybridized carbons (Fsp3) is 0.368. The summed E-state index contributed by atoms with van der Waals surface area (Å²) < 4.78 is 1.64. The van der Waals surface area contributed by atoms with Crippen molar-refractivity contribution < 1.29 is 4.79 Å². The molecule has 0 spiro atoms. The molecular formula is C19H23ClN6OS. The summed E-state index contributed by atoms with van der Waals surface area (Å²) in [5, 5.41) is 13.6. The zero-order chi connectivity index (χ0) is 18.8. The summed E-state index contributed by atoms with van der Waals surface area (Å²) in [6, 6.07) is 7.49. The number of carbonyl (C=O) groups excluding carboxylic acids is 1. The number of piperidine rings is 1. The molecule has 1 aliphatic heterocycles. The zero-order valence-corrected chi connectivity index (χ0v) is 17.4. The molecule has 0 atom stereocenters. The summed E-state index contributed by atoms with van der Waals surface area (Å²) >= 11 is 1.57. The van der Waals surface area contributed by atoms with Crippen molar-refractivity contribution in [1.29, 1.82) is 0 Å². The fourth-order valence-electron chi connectivity index (χ4n) is 3.22. The van der Waals surface area contributed by atoms with Crippen molar-refractivity contribution in [3.05, 3.63) is 46.7 Å². The van der Waals surface area contributed by atoms with Gasteiger partial charge in [-0.25, -0.2) is 9.67 Å². The molecule has 4 rings (SSSR count). The van der Waals surface area contributed by atoms with E-state index in [1.165, 1.54) is 0 Å². The maximum atomic E-state index is 12.7. The lowest BCUT2D eigenvalue weighted by molar-refractivity contribution is 0.102. The molecule has 2 N–H and O–H groups in total. The van der Waals surface area contributed by atoms with Crippen LogP contribution in [0.25, 0.3) is 10.6 Å². The molecule has 2 aromatic heterocycles. The van der Waals surface area contributed by atoms with E-state index in [1.807, 2.05) is 37.6 Å². The van der Waals surface area contributed by atoms with Crippen molar-refractivity contribution in [2.45, 2.75) is 25.7 Å². The van der Waals surface area contributed by atoms with Crippen molar-refractivity contribution in [1.82, 2.24) is 25.1 Å². The number of benzene rings is 1. The molecule has 9 heteroatoms. The van der Waals surface area contributed by atoms with E-state index in [9.17, 15) is 4.79 Å². The van der Waals surface area contributed by atoms with E-state index in [1.54, 1.807) is 22.1 Å². The number of nitrogens with zero attached hydrogens (tertiary/aromatic N) is 4. The van der Waals surface area contributed by atoms with Gasteiger partial charge in [0, 0.05) is 35.2 Å². The van der Waals surface area contributed by atoms with E-state index in [-0.39, 0.29) is 18.3 Å². The molecule has 3 heterocycles. The van der Waals surface area contributed by atoms with Gasteiger partial charge in [-0.1, -0.05) is 12.1 Å². The molecule has 0 bridgehead atoms. The number of rotatable bonds is 4. The van der Waals surface area contributed by atoms with Gasteiger partial charge in [0.2, 0.25) is 5.95 Å². The highest BCUT2D eigenvalue weighted by molar-refractivity contribution is 7.13. The summed E-state index contributed by atoms with van der Waals surface area (Å²) in [6.45, 7) is 3.92. The molecule has 0 aliphatic carbocycles. The van der Waals surface area contributed by atoms with E-state index in [2.05, 4.69) is 25.7 Å². The first-order valence-electron chi connectivity index (χ1n) is 9.06. The number of anilines is 1. The lowest BCUT2D eigenvalue weighted by Crippen LogP contribution is -2.27. The van der Waals surface area contributed by atoms with Gasteiger partial charge in [-0.2, -0.15) is 10.1 Å². The number of thiazole rings is 1. The van der Waals surface area contributed by atoms with Crippen molar-refractivity contribution in [2.24, 2.45) is 7.05 Å². The first kappa shape index (κ1) is 20.4. The average molecular weight is 419 g/mol. The van der Waals surface area contributed by atoms with Gasteiger partial charge in [-0.05, 0) is 45.0 Å². The van der Waals surface area contributed by atoms with Crippen LogP contribution in [-0.2, 0) is 7.05 Å². The van der Waals surface area contributed by atoms with Gasteiger partial charge in [0.25, 0.3) is 5.91 Å². The van der Waals surface area contributed by atoms with Gasteiger partial charge in [-0.15, -0.1) is 23.7 Å². The molecule has 148 valence electrons. The van der Waals surface area contributed by atoms with E-state index in [4.69, 9.17) is 0 Å². The van der Waals surface area contributed by atoms with Crippen molar-refractivity contribution in [3.63, 3.8) is 0 Å². The molecule has 1 amide bonds. The molecule has 0 unspecified atom stereocenters. The van der Waals surface area contributed by atoms with Crippen molar-refractivity contribution >= 4 is 35.6 Å². The average Bonchev–Trinajstić information content (AvgIpc) is 3.29. The van der Waals surface area contributed by atoms with E-state index in [0.29, 0.717) is 17.4 Å². The SMILES string of the molecule is Cc1csc(-c2cccc(C(=O)Nc3nc(C4CCNCC4)nn3C)c2)n1.Cl. The molecule has 1 fully saturated rings. The topological polar surface area (TPSA) is 84.7 Å². The number of aryl methyl sites for hydroxylation is 2. The number of amides is 1. The summed E-state index contributed by atoms with van der Waals surface area (Å²) in [5.74, 6) is 1.43. The van der Waals surface area contributed by atoms with Crippen LogP contribution < -0.4 is 10.6 Å². The third-order valence-corrected chi connectivity index (χ3v) is 5.71. The predicted molar refractivity (Wildman–Crippen MR) is 113 cm³/mol. The molecule has 0 saturated carbocycles. The van der Waals surface area contributed by atoms with Crippen LogP contribution in [0.3, 0.4) is 0 Å². The number of halogens is 1. The van der Waals surface area contributed by atoms with E-state index in [0.717, 1.165) is 48.0 Å². The number of aromatic nitrogens is 4. The second kappa shape index (κ2) is 8.81. The van der Waals surface area contributed by atoms with Gasteiger partial charge in [0.15, 0.2) is 5.82 Å². The van der Waals surface area contributed by atoms with Crippen LogP contribution in [0.5, 0.6) is 0 Å². The van der Waals surface area contributed by atoms with E-state index < -0.39 is 0 Å². The predicted octanol–water partition coefficient (Wildman–Crippen LogP) is 3.39. The minimum Gasteiger partial charge on any atom is -0.317 e. The number of hydrogen-bond donors (Lipinski definition) is 2. The Balaban J connectivity index is 0.00000225. The Hall–Kier alpha value is -2.29. The van der Waals surface area contributed by atoms with Crippen LogP contribution in [0.2, 0.25) is 0 Å². The summed E-state index contributed by atoms with van der Waals surface area (Å²) in [6.07, 6.45) is 2.04. The molecule has 0 radical (unpaired) electrons. The van der Waals surface area contributed by atoms with Crippen LogP contribution in [0, 0.1) is 6.92 Å². The van der Waals surface area contributed by atoms with Gasteiger partial charge >= 0.3 is 0 Å². The van der Waals surface area contributed by atoms with Crippen LogP contribution >= 0.6 is 23.7 Å². The Morgan fingerprint density at radius 3 is 2.79 bits per heavy atom. The third kappa shape index (κ3) is 4.40. The second-order valence-corrected chi connectivity index (χ2v) is 7.63. The lowest BCUT2D eigenvalue weighted by Gasteiger charge is -2.19. The largest absolute Gasteiger partial charge is 0.317 e. The monoisotopic (exact) mass is 418 g/mol. The van der Waals surface area contributed by atoms with Crippen LogP contribution in [0.4, 0.5) is 5.95 Å². The Bertz CT molecular complexity index is 963. The Morgan fingerprint density at radius 2 is 2.07 bits per heavy atom. The summed E-state index contributed by atoms with van der Waals surface area (Å²) in [4.78, 5) is 21.8. The lowest BCUT2D eigenvalue weighted by atomic mass is 9.98. The quantitative estimate of drug-likeness (QED) is 0.678. The highest BCUT2D eigenvalue weighted by atomic mass is 35.5. The van der Waals surface area contributed by atoms with Gasteiger partial charge < -0.3 is 5.32 Å². The van der Waals surface area contributed by atoms with E-state index >= 15 is 0 Å². The maximum Gasteiger partial charge on any atom is 0.258 e. The van der Waals surface area contributed by atoms with Crippen molar-refractivity contribution in [3.8, 4) is 10.6 Å². The minimum atomic E-state index is -0.197. The number of nitrogens with one attached hydrogen (secondary N) is 2. The molecule has 1 saturated heterocycles. The van der Waals surface area contributed by atoms with Gasteiger partial charge in [-0.3, -0.25) is 10.1 Å². The molecule has 1 aromatic carbocycles. The fourth-order valence-corrected chi connectivity index (χ4v) is 4.01. The summed E-state index contributed by atoms with van der Waals surface area (Å²) in [7, 11) is 1.81. The van der Waals surface area contributed by atoms with Crippen LogP contribution in [0.15, 0.2) is 29.6 Å². The molecule has 1 aliphatic rings. The number of carbonyl (C=O) groups is 1. The minimum absolute atomic E-state index is 0. The first-order valence-corrected chi connectivity index (χ1v) is 9.93.